The van der Waals surface area contributed by atoms with Crippen LogP contribution in [0.25, 0.3) is 0 Å². The normalized spacial score (nSPS) is 11.7. The summed E-state index contributed by atoms with van der Waals surface area (Å²) < 4.78 is 65.4. The van der Waals surface area contributed by atoms with E-state index in [9.17, 15) is 26.7 Å². The highest BCUT2D eigenvalue weighted by atomic mass is 19.4. The van der Waals surface area contributed by atoms with Crippen LogP contribution in [0, 0.1) is 0 Å². The first-order valence-corrected chi connectivity index (χ1v) is 4.59. The van der Waals surface area contributed by atoms with E-state index in [2.05, 4.69) is 4.74 Å². The zero-order chi connectivity index (χ0) is 14.1. The van der Waals surface area contributed by atoms with E-state index in [0.717, 1.165) is 6.92 Å². The number of alkyl halides is 5. The lowest BCUT2D eigenvalue weighted by Crippen LogP contribution is -2.14. The second kappa shape index (κ2) is 4.79. The fraction of sp³-hybridized carbons (Fsp3) is 0.300. The van der Waals surface area contributed by atoms with Crippen molar-refractivity contribution < 1.29 is 31.5 Å². The van der Waals surface area contributed by atoms with Crippen LogP contribution in [0.4, 0.5) is 27.6 Å². The van der Waals surface area contributed by atoms with E-state index < -0.39 is 35.6 Å². The van der Waals surface area contributed by atoms with Gasteiger partial charge in [-0.2, -0.15) is 22.0 Å². The first-order valence-electron chi connectivity index (χ1n) is 4.59. The molecule has 2 N–H and O–H groups in total. The molecule has 18 heavy (non-hydrogen) atoms. The van der Waals surface area contributed by atoms with Crippen LogP contribution in [0.1, 0.15) is 22.8 Å². The molecule has 0 atom stereocenters. The van der Waals surface area contributed by atoms with E-state index in [0.29, 0.717) is 12.1 Å². The molecule has 0 spiro atoms. The molecular formula is C10H8F5NO2. The van der Waals surface area contributed by atoms with Crippen molar-refractivity contribution in [1.82, 2.24) is 0 Å². The van der Waals surface area contributed by atoms with Gasteiger partial charge in [-0.15, -0.1) is 0 Å². The van der Waals surface area contributed by atoms with Crippen LogP contribution in [-0.2, 0) is 6.18 Å². The monoisotopic (exact) mass is 269 g/mol. The SMILES string of the molecule is CC(=O)c1cc(OC(F)F)c(C(F)(F)F)cc1N. The summed E-state index contributed by atoms with van der Waals surface area (Å²) in [5.41, 5.74) is 3.05. The molecule has 0 saturated heterocycles. The molecule has 3 nitrogen and oxygen atoms in total. The standard InChI is InChI=1S/C10H8F5NO2/c1-4(17)5-2-8(18-9(11)12)6(3-7(5)16)10(13,14)15/h2-3,9H,16H2,1H3. The van der Waals surface area contributed by atoms with Crippen molar-refractivity contribution >= 4 is 11.5 Å². The maximum atomic E-state index is 12.5. The molecule has 0 aliphatic heterocycles. The van der Waals surface area contributed by atoms with Gasteiger partial charge in [0, 0.05) is 11.3 Å². The predicted molar refractivity (Wildman–Crippen MR) is 52.5 cm³/mol. The molecule has 0 saturated carbocycles. The van der Waals surface area contributed by atoms with Gasteiger partial charge in [0.05, 0.1) is 5.56 Å². The topological polar surface area (TPSA) is 52.3 Å². The van der Waals surface area contributed by atoms with Gasteiger partial charge in [0.15, 0.2) is 5.78 Å². The van der Waals surface area contributed by atoms with Gasteiger partial charge in [-0.05, 0) is 19.1 Å². The summed E-state index contributed by atoms with van der Waals surface area (Å²) in [6, 6.07) is 0.959. The zero-order valence-electron chi connectivity index (χ0n) is 9.02. The minimum atomic E-state index is -4.91. The minimum Gasteiger partial charge on any atom is -0.434 e. The van der Waals surface area contributed by atoms with Crippen molar-refractivity contribution in [2.45, 2.75) is 19.7 Å². The highest BCUT2D eigenvalue weighted by Gasteiger charge is 2.36. The van der Waals surface area contributed by atoms with E-state index in [1.54, 1.807) is 0 Å². The summed E-state index contributed by atoms with van der Waals surface area (Å²) in [7, 11) is 0. The fourth-order valence-corrected chi connectivity index (χ4v) is 1.32. The first kappa shape index (κ1) is 14.2. The Morgan fingerprint density at radius 3 is 2.28 bits per heavy atom. The number of anilines is 1. The van der Waals surface area contributed by atoms with Crippen molar-refractivity contribution in [1.29, 1.82) is 0 Å². The van der Waals surface area contributed by atoms with Crippen LogP contribution < -0.4 is 10.5 Å². The van der Waals surface area contributed by atoms with Crippen molar-refractivity contribution in [3.8, 4) is 5.75 Å². The van der Waals surface area contributed by atoms with Crippen molar-refractivity contribution in [2.24, 2.45) is 0 Å². The number of ether oxygens (including phenoxy) is 1. The molecule has 8 heteroatoms. The Labute approximate surface area is 98.3 Å². The number of nitrogen functional groups attached to an aromatic ring is 1. The largest absolute Gasteiger partial charge is 0.434 e. The minimum absolute atomic E-state index is 0.307. The van der Waals surface area contributed by atoms with Gasteiger partial charge in [0.25, 0.3) is 0 Å². The third-order valence-corrected chi connectivity index (χ3v) is 2.05. The summed E-state index contributed by atoms with van der Waals surface area (Å²) in [5, 5.41) is 0. The molecule has 1 rings (SSSR count). The van der Waals surface area contributed by atoms with E-state index in [-0.39, 0.29) is 5.56 Å². The molecular weight excluding hydrogens is 261 g/mol. The van der Waals surface area contributed by atoms with E-state index in [4.69, 9.17) is 5.73 Å². The number of rotatable bonds is 3. The van der Waals surface area contributed by atoms with Crippen LogP contribution in [0.15, 0.2) is 12.1 Å². The lowest BCUT2D eigenvalue weighted by Gasteiger charge is -2.15. The molecule has 0 aromatic heterocycles. The average molecular weight is 269 g/mol. The third kappa shape index (κ3) is 3.08. The highest BCUT2D eigenvalue weighted by molar-refractivity contribution is 5.99. The number of ketones is 1. The Bertz CT molecular complexity index is 470. The maximum Gasteiger partial charge on any atom is 0.420 e. The lowest BCUT2D eigenvalue weighted by atomic mass is 10.0. The molecule has 0 bridgehead atoms. The molecule has 1 aromatic rings. The van der Waals surface area contributed by atoms with Crippen molar-refractivity contribution in [3.05, 3.63) is 23.3 Å². The van der Waals surface area contributed by atoms with Gasteiger partial charge in [-0.1, -0.05) is 0 Å². The molecule has 0 aliphatic rings. The Morgan fingerprint density at radius 1 is 1.33 bits per heavy atom. The van der Waals surface area contributed by atoms with Gasteiger partial charge in [-0.3, -0.25) is 4.79 Å². The smallest absolute Gasteiger partial charge is 0.420 e. The number of nitrogens with two attached hydrogens (primary N) is 1. The predicted octanol–water partition coefficient (Wildman–Crippen LogP) is 3.09. The van der Waals surface area contributed by atoms with Gasteiger partial charge >= 0.3 is 12.8 Å². The molecule has 0 unspecified atom stereocenters. The fourth-order valence-electron chi connectivity index (χ4n) is 1.32. The highest BCUT2D eigenvalue weighted by Crippen LogP contribution is 2.39. The number of carbonyl (C=O) groups is 1. The number of Topliss-reactive ketones (excluding diaryl/α,β-unsaturated/α-hetero) is 1. The number of carbonyl (C=O) groups excluding carboxylic acids is 1. The maximum absolute atomic E-state index is 12.5. The lowest BCUT2D eigenvalue weighted by molar-refractivity contribution is -0.141. The molecule has 0 radical (unpaired) electrons. The van der Waals surface area contributed by atoms with E-state index in [1.807, 2.05) is 0 Å². The van der Waals surface area contributed by atoms with Crippen LogP contribution in [0.5, 0.6) is 5.75 Å². The summed E-state index contributed by atoms with van der Waals surface area (Å²) >= 11 is 0. The van der Waals surface area contributed by atoms with Crippen molar-refractivity contribution in [2.75, 3.05) is 5.73 Å². The van der Waals surface area contributed by atoms with Crippen LogP contribution in [-0.4, -0.2) is 12.4 Å². The second-order valence-electron chi connectivity index (χ2n) is 3.37. The second-order valence-corrected chi connectivity index (χ2v) is 3.37. The zero-order valence-corrected chi connectivity index (χ0v) is 9.02. The molecule has 0 fully saturated rings. The summed E-state index contributed by atoms with van der Waals surface area (Å²) in [6.07, 6.45) is -4.91. The number of benzene rings is 1. The van der Waals surface area contributed by atoms with Crippen molar-refractivity contribution in [3.63, 3.8) is 0 Å². The number of halogens is 5. The van der Waals surface area contributed by atoms with Crippen LogP contribution in [0.3, 0.4) is 0 Å². The third-order valence-electron chi connectivity index (χ3n) is 2.05. The first-order chi connectivity index (χ1) is 8.12. The Balaban J connectivity index is 3.42. The summed E-state index contributed by atoms with van der Waals surface area (Å²) in [6.45, 7) is -2.39. The summed E-state index contributed by atoms with van der Waals surface area (Å²) in [4.78, 5) is 11.1. The Hall–Kier alpha value is -1.86. The van der Waals surface area contributed by atoms with E-state index >= 15 is 0 Å². The van der Waals surface area contributed by atoms with Gasteiger partial charge in [0.1, 0.15) is 5.75 Å². The van der Waals surface area contributed by atoms with E-state index in [1.165, 1.54) is 0 Å². The molecule has 100 valence electrons. The van der Waals surface area contributed by atoms with Gasteiger partial charge in [0.2, 0.25) is 0 Å². The Kier molecular flexibility index (Phi) is 3.78. The van der Waals surface area contributed by atoms with Gasteiger partial charge in [-0.25, -0.2) is 0 Å². The molecule has 1 aromatic carbocycles. The van der Waals surface area contributed by atoms with Crippen LogP contribution in [0.2, 0.25) is 0 Å². The summed E-state index contributed by atoms with van der Waals surface area (Å²) in [5.74, 6) is -1.78. The number of hydrogen-bond donors (Lipinski definition) is 1. The van der Waals surface area contributed by atoms with Crippen LogP contribution >= 0.6 is 0 Å². The molecule has 0 amide bonds. The quantitative estimate of drug-likeness (QED) is 0.521. The molecule has 0 heterocycles. The van der Waals surface area contributed by atoms with Gasteiger partial charge < -0.3 is 10.5 Å². The Morgan fingerprint density at radius 2 is 1.89 bits per heavy atom. The number of hydrogen-bond acceptors (Lipinski definition) is 3. The average Bonchev–Trinajstić information content (AvgIpc) is 2.17. The molecule has 0 aliphatic carbocycles.